The third-order valence-corrected chi connectivity index (χ3v) is 5.20. The second-order valence-corrected chi connectivity index (χ2v) is 7.93. The fourth-order valence-electron chi connectivity index (χ4n) is 3.30. The average molecular weight is 439 g/mol. The van der Waals surface area contributed by atoms with Crippen molar-refractivity contribution in [2.45, 2.75) is 115 Å². The highest BCUT2D eigenvalue weighted by molar-refractivity contribution is 5.49. The minimum Gasteiger partial charge on any atom is -0.352 e. The third-order valence-electron chi connectivity index (χ3n) is 5.20. The molecule has 0 radical (unpaired) electrons. The maximum atomic E-state index is 10.3. The zero-order valence-corrected chi connectivity index (χ0v) is 20.0. The van der Waals surface area contributed by atoms with Crippen LogP contribution in [0.5, 0.6) is 0 Å². The maximum Gasteiger partial charge on any atom is 0.179 e. The molecule has 0 fully saturated rings. The molecule has 0 amide bonds. The predicted octanol–water partition coefficient (Wildman–Crippen LogP) is 6.70. The quantitative estimate of drug-likeness (QED) is 0.0726. The summed E-state index contributed by atoms with van der Waals surface area (Å²) < 4.78 is 16.6. The summed E-state index contributed by atoms with van der Waals surface area (Å²) in [7, 11) is 3.28. The van der Waals surface area contributed by atoms with Crippen LogP contribution >= 0.6 is 0 Å². The molecular formula is C26H46O5. The van der Waals surface area contributed by atoms with E-state index >= 15 is 0 Å². The van der Waals surface area contributed by atoms with Gasteiger partial charge in [0, 0.05) is 27.1 Å². The summed E-state index contributed by atoms with van der Waals surface area (Å²) in [6.45, 7) is 0. The molecule has 0 aromatic rings. The Bertz CT molecular complexity index is 407. The zero-order valence-electron chi connectivity index (χ0n) is 20.0. The first-order valence-electron chi connectivity index (χ1n) is 12.2. The highest BCUT2D eigenvalue weighted by Crippen LogP contribution is 2.11. The molecule has 0 aromatic carbocycles. The van der Waals surface area contributed by atoms with Crippen LogP contribution in [0.1, 0.15) is 103 Å². The van der Waals surface area contributed by atoms with Crippen LogP contribution in [0.15, 0.2) is 24.3 Å². The monoisotopic (exact) mass is 438 g/mol. The summed E-state index contributed by atoms with van der Waals surface area (Å²) in [4.78, 5) is 20.5. The summed E-state index contributed by atoms with van der Waals surface area (Å²) in [5.41, 5.74) is 0. The summed E-state index contributed by atoms with van der Waals surface area (Å²) in [5.74, 6) is 0. The van der Waals surface area contributed by atoms with E-state index in [1.807, 2.05) is 12.2 Å². The second kappa shape index (κ2) is 25.0. The lowest BCUT2D eigenvalue weighted by Gasteiger charge is -2.18. The minimum absolute atomic E-state index is 0.413. The molecule has 0 N–H and O–H groups in total. The van der Waals surface area contributed by atoms with Crippen LogP contribution in [0.2, 0.25) is 0 Å². The Labute approximate surface area is 190 Å². The average Bonchev–Trinajstić information content (AvgIpc) is 2.79. The van der Waals surface area contributed by atoms with Crippen molar-refractivity contribution in [1.29, 1.82) is 0 Å². The smallest absolute Gasteiger partial charge is 0.179 e. The molecule has 0 aliphatic rings. The molecule has 0 saturated heterocycles. The Morgan fingerprint density at radius 1 is 0.516 bits per heavy atom. The number of hydrogen-bond acceptors (Lipinski definition) is 5. The van der Waals surface area contributed by atoms with Gasteiger partial charge in [0.05, 0.1) is 0 Å². The number of carbonyl (C=O) groups is 2. The molecule has 0 heterocycles. The van der Waals surface area contributed by atoms with Crippen LogP contribution in [-0.4, -0.2) is 39.4 Å². The number of unbranched alkanes of at least 4 members (excludes halogenated alkanes) is 14. The lowest BCUT2D eigenvalue weighted by molar-refractivity contribution is -0.188. The summed E-state index contributed by atoms with van der Waals surface area (Å²) in [6.07, 6.45) is 26.7. The summed E-state index contributed by atoms with van der Waals surface area (Å²) >= 11 is 0. The highest BCUT2D eigenvalue weighted by Gasteiger charge is 2.10. The lowest BCUT2D eigenvalue weighted by Crippen LogP contribution is -2.22. The van der Waals surface area contributed by atoms with E-state index in [4.69, 9.17) is 14.2 Å². The Morgan fingerprint density at radius 2 is 0.839 bits per heavy atom. The van der Waals surface area contributed by atoms with Gasteiger partial charge in [-0.2, -0.15) is 0 Å². The number of rotatable bonds is 24. The van der Waals surface area contributed by atoms with Gasteiger partial charge in [-0.3, -0.25) is 0 Å². The van der Waals surface area contributed by atoms with E-state index in [-0.39, 0.29) is 0 Å². The van der Waals surface area contributed by atoms with Crippen LogP contribution in [-0.2, 0) is 23.8 Å². The van der Waals surface area contributed by atoms with Crippen molar-refractivity contribution < 1.29 is 23.8 Å². The van der Waals surface area contributed by atoms with Crippen LogP contribution in [0.3, 0.4) is 0 Å². The lowest BCUT2D eigenvalue weighted by atomic mass is 10.1. The van der Waals surface area contributed by atoms with E-state index in [9.17, 15) is 9.59 Å². The Morgan fingerprint density at radius 3 is 1.16 bits per heavy atom. The maximum absolute atomic E-state index is 10.3. The first kappa shape index (κ1) is 29.7. The number of ether oxygens (including phenoxy) is 3. The van der Waals surface area contributed by atoms with Gasteiger partial charge >= 0.3 is 0 Å². The third kappa shape index (κ3) is 21.7. The molecule has 2 unspecified atom stereocenters. The predicted molar refractivity (Wildman–Crippen MR) is 127 cm³/mol. The molecule has 0 aromatic heterocycles. The number of methoxy groups -OCH3 is 2. The van der Waals surface area contributed by atoms with Crippen molar-refractivity contribution in [2.75, 3.05) is 14.2 Å². The van der Waals surface area contributed by atoms with E-state index in [0.29, 0.717) is 12.8 Å². The van der Waals surface area contributed by atoms with Crippen molar-refractivity contribution in [3.8, 4) is 0 Å². The van der Waals surface area contributed by atoms with Gasteiger partial charge in [-0.05, 0) is 50.7 Å². The number of hydrogen-bond donors (Lipinski definition) is 0. The topological polar surface area (TPSA) is 61.8 Å². The molecule has 0 rings (SSSR count). The molecule has 5 heteroatoms. The van der Waals surface area contributed by atoms with Crippen molar-refractivity contribution in [2.24, 2.45) is 0 Å². The molecule has 5 nitrogen and oxygen atoms in total. The van der Waals surface area contributed by atoms with Crippen molar-refractivity contribution >= 4 is 12.6 Å². The minimum atomic E-state index is -0.413. The van der Waals surface area contributed by atoms with Gasteiger partial charge in [-0.25, -0.2) is 0 Å². The molecular weight excluding hydrogens is 392 g/mol. The number of aldehydes is 2. The first-order chi connectivity index (χ1) is 15.3. The van der Waals surface area contributed by atoms with Crippen LogP contribution in [0.25, 0.3) is 0 Å². The van der Waals surface area contributed by atoms with Gasteiger partial charge in [0.15, 0.2) is 12.6 Å². The second-order valence-electron chi connectivity index (χ2n) is 7.93. The SMILES string of the molecule is COC(C=CCCCCCCCCC=O)OC(C=CCCCCCCCCC=O)OC. The first-order valence-corrected chi connectivity index (χ1v) is 12.2. The van der Waals surface area contributed by atoms with Gasteiger partial charge in [0.1, 0.15) is 12.6 Å². The molecule has 180 valence electrons. The van der Waals surface area contributed by atoms with Crippen LogP contribution in [0, 0.1) is 0 Å². The molecule has 2 atom stereocenters. The number of carbonyl (C=O) groups excluding carboxylic acids is 2. The van der Waals surface area contributed by atoms with Gasteiger partial charge < -0.3 is 23.8 Å². The molecule has 31 heavy (non-hydrogen) atoms. The Hall–Kier alpha value is -1.30. The molecule has 0 aliphatic heterocycles. The Balaban J connectivity index is 3.83. The summed E-state index contributed by atoms with van der Waals surface area (Å²) in [5, 5.41) is 0. The fraction of sp³-hybridized carbons (Fsp3) is 0.769. The van der Waals surface area contributed by atoms with Gasteiger partial charge in [-0.1, -0.05) is 63.5 Å². The molecule has 0 aliphatic carbocycles. The highest BCUT2D eigenvalue weighted by atomic mass is 16.8. The molecule has 0 bridgehead atoms. The molecule has 0 spiro atoms. The van der Waals surface area contributed by atoms with E-state index in [1.165, 1.54) is 38.5 Å². The standard InChI is InChI=1S/C26H46O5/c1-29-25(21-17-13-9-5-3-7-11-15-19-23-27)31-26(30-2)22-18-14-10-6-4-8-12-16-20-24-28/h17-18,21-26H,3-16,19-20H2,1-2H3. The van der Waals surface area contributed by atoms with Gasteiger partial charge in [0.25, 0.3) is 0 Å². The zero-order chi connectivity index (χ0) is 22.8. The number of allylic oxidation sites excluding steroid dienone is 2. The van der Waals surface area contributed by atoms with E-state index in [0.717, 1.165) is 63.9 Å². The van der Waals surface area contributed by atoms with E-state index in [2.05, 4.69) is 12.2 Å². The largest absolute Gasteiger partial charge is 0.352 e. The molecule has 0 saturated carbocycles. The van der Waals surface area contributed by atoms with Crippen molar-refractivity contribution in [3.63, 3.8) is 0 Å². The van der Waals surface area contributed by atoms with E-state index < -0.39 is 12.6 Å². The van der Waals surface area contributed by atoms with E-state index in [1.54, 1.807) is 14.2 Å². The van der Waals surface area contributed by atoms with Gasteiger partial charge in [-0.15, -0.1) is 0 Å². The van der Waals surface area contributed by atoms with Crippen LogP contribution < -0.4 is 0 Å². The van der Waals surface area contributed by atoms with Crippen LogP contribution in [0.4, 0.5) is 0 Å². The van der Waals surface area contributed by atoms with Crippen molar-refractivity contribution in [1.82, 2.24) is 0 Å². The normalized spacial score (nSPS) is 13.7. The van der Waals surface area contributed by atoms with Gasteiger partial charge in [0.2, 0.25) is 0 Å². The Kier molecular flexibility index (Phi) is 23.9. The van der Waals surface area contributed by atoms with Crippen molar-refractivity contribution in [3.05, 3.63) is 24.3 Å². The summed E-state index contributed by atoms with van der Waals surface area (Å²) in [6, 6.07) is 0. The fourth-order valence-corrected chi connectivity index (χ4v) is 3.30.